The van der Waals surface area contributed by atoms with Crippen molar-refractivity contribution in [2.75, 3.05) is 18.5 Å². The third-order valence-electron chi connectivity index (χ3n) is 2.29. The van der Waals surface area contributed by atoms with E-state index >= 15 is 0 Å². The first-order valence-electron chi connectivity index (χ1n) is 5.93. The molecule has 2 N–H and O–H groups in total. The normalized spacial score (nSPS) is 9.95. The van der Waals surface area contributed by atoms with Crippen LogP contribution in [0.5, 0.6) is 11.5 Å². The summed E-state index contributed by atoms with van der Waals surface area (Å²) in [4.78, 5) is 11.6. The molecular formula is C13H15N3O3. The molecule has 1 aromatic heterocycles. The number of nitrogens with one attached hydrogen (secondary N) is 2. The summed E-state index contributed by atoms with van der Waals surface area (Å²) in [7, 11) is 0. The first-order valence-corrected chi connectivity index (χ1v) is 5.93. The number of para-hydroxylation sites is 2. The number of H-pyrrole nitrogens is 1. The summed E-state index contributed by atoms with van der Waals surface area (Å²) in [6.45, 7) is 2.35. The van der Waals surface area contributed by atoms with Crippen LogP contribution in [0.3, 0.4) is 0 Å². The Morgan fingerprint density at radius 2 is 2.05 bits per heavy atom. The monoisotopic (exact) mass is 261 g/mol. The van der Waals surface area contributed by atoms with Crippen LogP contribution in [0.15, 0.2) is 36.7 Å². The average molecular weight is 261 g/mol. The summed E-state index contributed by atoms with van der Waals surface area (Å²) >= 11 is 0. The summed E-state index contributed by atoms with van der Waals surface area (Å²) in [6, 6.07) is 7.23. The Labute approximate surface area is 110 Å². The predicted octanol–water partition coefficient (Wildman–Crippen LogP) is 1.83. The van der Waals surface area contributed by atoms with Gasteiger partial charge in [-0.1, -0.05) is 12.1 Å². The second kappa shape index (κ2) is 6.44. The molecule has 0 unspecified atom stereocenters. The highest BCUT2D eigenvalue weighted by Gasteiger charge is 2.07. The van der Waals surface area contributed by atoms with Gasteiger partial charge in [-0.25, -0.2) is 0 Å². The van der Waals surface area contributed by atoms with Gasteiger partial charge in [0, 0.05) is 6.20 Å². The van der Waals surface area contributed by atoms with Crippen molar-refractivity contribution in [2.24, 2.45) is 0 Å². The molecular weight excluding hydrogens is 246 g/mol. The zero-order valence-electron chi connectivity index (χ0n) is 10.6. The van der Waals surface area contributed by atoms with Crippen molar-refractivity contribution in [2.45, 2.75) is 6.92 Å². The molecule has 1 amide bonds. The van der Waals surface area contributed by atoms with Gasteiger partial charge in [0.2, 0.25) is 0 Å². The lowest BCUT2D eigenvalue weighted by Crippen LogP contribution is -2.20. The summed E-state index contributed by atoms with van der Waals surface area (Å²) in [6.07, 6.45) is 3.11. The summed E-state index contributed by atoms with van der Waals surface area (Å²) < 4.78 is 10.8. The van der Waals surface area contributed by atoms with E-state index in [-0.39, 0.29) is 12.5 Å². The molecule has 0 radical (unpaired) electrons. The first kappa shape index (κ1) is 12.9. The van der Waals surface area contributed by atoms with Gasteiger partial charge in [-0.05, 0) is 19.1 Å². The van der Waals surface area contributed by atoms with Gasteiger partial charge in [0.15, 0.2) is 18.1 Å². The summed E-state index contributed by atoms with van der Waals surface area (Å²) in [5.74, 6) is 0.917. The third kappa shape index (κ3) is 3.74. The number of carbonyl (C=O) groups excluding carboxylic acids is 1. The van der Waals surface area contributed by atoms with Crippen molar-refractivity contribution >= 4 is 11.6 Å². The van der Waals surface area contributed by atoms with E-state index in [0.29, 0.717) is 23.8 Å². The topological polar surface area (TPSA) is 76.2 Å². The van der Waals surface area contributed by atoms with E-state index in [9.17, 15) is 4.79 Å². The van der Waals surface area contributed by atoms with E-state index in [4.69, 9.17) is 9.47 Å². The largest absolute Gasteiger partial charge is 0.490 e. The number of benzene rings is 1. The molecule has 0 aliphatic carbocycles. The second-order valence-corrected chi connectivity index (χ2v) is 3.70. The maximum Gasteiger partial charge on any atom is 0.262 e. The van der Waals surface area contributed by atoms with E-state index in [1.54, 1.807) is 18.3 Å². The minimum absolute atomic E-state index is 0.0880. The molecule has 6 nitrogen and oxygen atoms in total. The van der Waals surface area contributed by atoms with Crippen molar-refractivity contribution in [3.05, 3.63) is 36.7 Å². The van der Waals surface area contributed by atoms with Gasteiger partial charge in [0.05, 0.1) is 18.5 Å². The number of rotatable bonds is 6. The lowest BCUT2D eigenvalue weighted by molar-refractivity contribution is -0.118. The van der Waals surface area contributed by atoms with Crippen LogP contribution in [-0.4, -0.2) is 29.3 Å². The van der Waals surface area contributed by atoms with Crippen LogP contribution < -0.4 is 14.8 Å². The zero-order chi connectivity index (χ0) is 13.5. The number of aromatic amines is 1. The van der Waals surface area contributed by atoms with Gasteiger partial charge in [-0.2, -0.15) is 5.10 Å². The smallest absolute Gasteiger partial charge is 0.262 e. The highest BCUT2D eigenvalue weighted by molar-refractivity contribution is 5.91. The molecule has 6 heteroatoms. The van der Waals surface area contributed by atoms with Gasteiger partial charge in [0.25, 0.3) is 5.91 Å². The highest BCUT2D eigenvalue weighted by atomic mass is 16.5. The molecule has 100 valence electrons. The highest BCUT2D eigenvalue weighted by Crippen LogP contribution is 2.26. The van der Waals surface area contributed by atoms with E-state index in [1.165, 1.54) is 6.20 Å². The molecule has 0 spiro atoms. The van der Waals surface area contributed by atoms with Crippen LogP contribution in [0.25, 0.3) is 0 Å². The Morgan fingerprint density at radius 3 is 2.68 bits per heavy atom. The standard InChI is InChI=1S/C13H15N3O3/c1-2-18-11-5-3-4-6-12(11)19-9-13(17)16-10-7-14-15-8-10/h3-8H,2,9H2,1H3,(H,14,15)(H,16,17). The van der Waals surface area contributed by atoms with Crippen molar-refractivity contribution in [1.29, 1.82) is 0 Å². The summed E-state index contributed by atoms with van der Waals surface area (Å²) in [5, 5.41) is 8.99. The van der Waals surface area contributed by atoms with Gasteiger partial charge >= 0.3 is 0 Å². The fourth-order valence-electron chi connectivity index (χ4n) is 1.50. The molecule has 0 aliphatic heterocycles. The molecule has 2 aromatic rings. The molecule has 0 fully saturated rings. The van der Waals surface area contributed by atoms with Crippen LogP contribution in [0.1, 0.15) is 6.92 Å². The number of amides is 1. The van der Waals surface area contributed by atoms with E-state index in [0.717, 1.165) is 0 Å². The third-order valence-corrected chi connectivity index (χ3v) is 2.29. The minimum atomic E-state index is -0.257. The van der Waals surface area contributed by atoms with Crippen molar-refractivity contribution in [3.8, 4) is 11.5 Å². The Balaban J connectivity index is 1.89. The molecule has 0 saturated carbocycles. The molecule has 0 saturated heterocycles. The average Bonchev–Trinajstić information content (AvgIpc) is 2.91. The zero-order valence-corrected chi connectivity index (χ0v) is 10.6. The first-order chi connectivity index (χ1) is 9.29. The number of carbonyl (C=O) groups is 1. The van der Waals surface area contributed by atoms with Gasteiger partial charge in [0.1, 0.15) is 0 Å². The van der Waals surface area contributed by atoms with Gasteiger partial charge in [-0.15, -0.1) is 0 Å². The quantitative estimate of drug-likeness (QED) is 0.831. The Kier molecular flexibility index (Phi) is 4.39. The lowest BCUT2D eigenvalue weighted by Gasteiger charge is -2.11. The predicted molar refractivity (Wildman–Crippen MR) is 70.3 cm³/mol. The molecule has 2 rings (SSSR count). The maximum atomic E-state index is 11.6. The summed E-state index contributed by atoms with van der Waals surface area (Å²) in [5.41, 5.74) is 0.603. The number of hydrogen-bond acceptors (Lipinski definition) is 4. The molecule has 0 atom stereocenters. The van der Waals surface area contributed by atoms with Gasteiger partial charge < -0.3 is 14.8 Å². The van der Waals surface area contributed by atoms with Crippen molar-refractivity contribution in [1.82, 2.24) is 10.2 Å². The number of hydrogen-bond donors (Lipinski definition) is 2. The molecule has 0 aliphatic rings. The number of aromatic nitrogens is 2. The van der Waals surface area contributed by atoms with Gasteiger partial charge in [-0.3, -0.25) is 9.89 Å². The van der Waals surface area contributed by atoms with E-state index < -0.39 is 0 Å². The number of ether oxygens (including phenoxy) is 2. The van der Waals surface area contributed by atoms with Crippen LogP contribution in [-0.2, 0) is 4.79 Å². The van der Waals surface area contributed by atoms with E-state index in [2.05, 4.69) is 15.5 Å². The second-order valence-electron chi connectivity index (χ2n) is 3.70. The fraction of sp³-hybridized carbons (Fsp3) is 0.231. The number of anilines is 1. The number of nitrogens with zero attached hydrogens (tertiary/aromatic N) is 1. The SMILES string of the molecule is CCOc1ccccc1OCC(=O)Nc1cn[nH]c1. The molecule has 19 heavy (non-hydrogen) atoms. The van der Waals surface area contributed by atoms with Crippen molar-refractivity contribution < 1.29 is 14.3 Å². The minimum Gasteiger partial charge on any atom is -0.490 e. The Morgan fingerprint density at radius 1 is 1.32 bits per heavy atom. The fourth-order valence-corrected chi connectivity index (χ4v) is 1.50. The van der Waals surface area contributed by atoms with Crippen molar-refractivity contribution in [3.63, 3.8) is 0 Å². The Hall–Kier alpha value is -2.50. The van der Waals surface area contributed by atoms with Crippen LogP contribution in [0.4, 0.5) is 5.69 Å². The van der Waals surface area contributed by atoms with E-state index in [1.807, 2.05) is 19.1 Å². The molecule has 1 aromatic carbocycles. The van der Waals surface area contributed by atoms with Crippen LogP contribution >= 0.6 is 0 Å². The molecule has 0 bridgehead atoms. The lowest BCUT2D eigenvalue weighted by atomic mass is 10.3. The maximum absolute atomic E-state index is 11.6. The molecule has 1 heterocycles. The van der Waals surface area contributed by atoms with Crippen LogP contribution in [0, 0.1) is 0 Å². The van der Waals surface area contributed by atoms with Crippen LogP contribution in [0.2, 0.25) is 0 Å². The Bertz CT molecular complexity index is 526.